The molecule has 134 valence electrons. The van der Waals surface area contributed by atoms with Gasteiger partial charge in [-0.05, 0) is 60.3 Å². The molecule has 1 aliphatic heterocycles. The molecule has 2 aromatic rings. The van der Waals surface area contributed by atoms with Gasteiger partial charge in [-0.2, -0.15) is 0 Å². The maximum Gasteiger partial charge on any atom is 0.287 e. The molecule has 26 heavy (non-hydrogen) atoms. The van der Waals surface area contributed by atoms with E-state index in [1.807, 2.05) is 41.8 Å². The lowest BCUT2D eigenvalue weighted by atomic mass is 10.1. The number of thioether (sulfide) groups is 2. The van der Waals surface area contributed by atoms with E-state index in [1.165, 1.54) is 11.8 Å². The zero-order valence-electron chi connectivity index (χ0n) is 14.1. The van der Waals surface area contributed by atoms with Gasteiger partial charge < -0.3 is 4.74 Å². The van der Waals surface area contributed by atoms with Crippen LogP contribution in [-0.2, 0) is 4.79 Å². The summed E-state index contributed by atoms with van der Waals surface area (Å²) in [6.45, 7) is 0. The van der Waals surface area contributed by atoms with E-state index in [2.05, 4.69) is 17.2 Å². The van der Waals surface area contributed by atoms with Crippen molar-refractivity contribution in [3.63, 3.8) is 0 Å². The molecule has 0 bridgehead atoms. The van der Waals surface area contributed by atoms with Gasteiger partial charge in [0.15, 0.2) is 4.08 Å². The second-order valence-electron chi connectivity index (χ2n) is 5.51. The number of carbonyl (C=O) groups excluding carboxylic acids is 2. The van der Waals surface area contributed by atoms with E-state index in [0.29, 0.717) is 12.8 Å². The molecule has 2 heterocycles. The molecular formula is C19H17NO3S3. The molecule has 1 atom stereocenters. The van der Waals surface area contributed by atoms with Crippen LogP contribution in [0.15, 0.2) is 46.7 Å². The summed E-state index contributed by atoms with van der Waals surface area (Å²) in [6, 6.07) is 11.5. The van der Waals surface area contributed by atoms with Gasteiger partial charge in [-0.25, -0.2) is 0 Å². The number of nitrogens with one attached hydrogen (secondary N) is 1. The summed E-state index contributed by atoms with van der Waals surface area (Å²) in [4.78, 5) is 26.2. The Morgan fingerprint density at radius 2 is 2.04 bits per heavy atom. The molecule has 0 saturated carbocycles. The fourth-order valence-electron chi connectivity index (χ4n) is 2.44. The summed E-state index contributed by atoms with van der Waals surface area (Å²) in [5.41, 5.74) is 0. The zero-order chi connectivity index (χ0) is 18.4. The van der Waals surface area contributed by atoms with E-state index in [-0.39, 0.29) is 11.1 Å². The molecule has 7 heteroatoms. The molecule has 1 N–H and O–H groups in total. The van der Waals surface area contributed by atoms with Crippen LogP contribution in [0.2, 0.25) is 0 Å². The summed E-state index contributed by atoms with van der Waals surface area (Å²) < 4.78 is 4.33. The van der Waals surface area contributed by atoms with Crippen LogP contribution in [0.5, 0.6) is 5.75 Å². The fourth-order valence-corrected chi connectivity index (χ4v) is 5.59. The molecule has 0 radical (unpaired) electrons. The first-order valence-corrected chi connectivity index (χ1v) is 10.5. The Morgan fingerprint density at radius 1 is 1.23 bits per heavy atom. The lowest BCUT2D eigenvalue weighted by Crippen LogP contribution is -2.33. The minimum atomic E-state index is -0.837. The number of methoxy groups -OCH3 is 1. The van der Waals surface area contributed by atoms with Crippen LogP contribution in [0.3, 0.4) is 0 Å². The molecule has 1 unspecified atom stereocenters. The lowest BCUT2D eigenvalue weighted by molar-refractivity contribution is -0.119. The van der Waals surface area contributed by atoms with E-state index in [0.717, 1.165) is 33.7 Å². The van der Waals surface area contributed by atoms with Crippen molar-refractivity contribution < 1.29 is 14.3 Å². The van der Waals surface area contributed by atoms with E-state index in [1.54, 1.807) is 18.4 Å². The van der Waals surface area contributed by atoms with Crippen molar-refractivity contribution in [1.82, 2.24) is 5.32 Å². The standard InChI is InChI=1S/C19H17NO3S3/c1-23-14-8-10-16(11-9-14)25-19(17(21)20-18(22)26-19)12-4-2-3-6-15-7-5-13-24-15/h5,7-11,13H,2,4,12H2,1H3,(H,20,21,22). The van der Waals surface area contributed by atoms with Crippen LogP contribution in [0.25, 0.3) is 0 Å². The van der Waals surface area contributed by atoms with Crippen LogP contribution < -0.4 is 10.1 Å². The van der Waals surface area contributed by atoms with Crippen LogP contribution in [-0.4, -0.2) is 22.3 Å². The summed E-state index contributed by atoms with van der Waals surface area (Å²) in [7, 11) is 1.61. The third kappa shape index (κ3) is 4.64. The number of rotatable bonds is 6. The maximum atomic E-state index is 12.5. The average Bonchev–Trinajstić information content (AvgIpc) is 3.24. The monoisotopic (exact) mass is 403 g/mol. The van der Waals surface area contributed by atoms with Crippen molar-refractivity contribution in [1.29, 1.82) is 0 Å². The molecule has 1 fully saturated rings. The van der Waals surface area contributed by atoms with Crippen LogP contribution in [0.4, 0.5) is 4.79 Å². The average molecular weight is 404 g/mol. The lowest BCUT2D eigenvalue weighted by Gasteiger charge is -2.23. The Kier molecular flexibility index (Phi) is 6.30. The smallest absolute Gasteiger partial charge is 0.287 e. The molecule has 1 aromatic heterocycles. The molecule has 4 nitrogen and oxygen atoms in total. The fraction of sp³-hybridized carbons (Fsp3) is 0.263. The van der Waals surface area contributed by atoms with Gasteiger partial charge in [0.2, 0.25) is 0 Å². The third-order valence-corrected chi connectivity index (χ3v) is 7.22. The molecule has 0 spiro atoms. The van der Waals surface area contributed by atoms with Gasteiger partial charge >= 0.3 is 0 Å². The number of imide groups is 1. The predicted octanol–water partition coefficient (Wildman–Crippen LogP) is 4.75. The number of ether oxygens (including phenoxy) is 1. The SMILES string of the molecule is COc1ccc(SC2(CCCC#Cc3cccs3)SC(=O)NC2=O)cc1. The largest absolute Gasteiger partial charge is 0.497 e. The van der Waals surface area contributed by atoms with E-state index in [4.69, 9.17) is 4.74 Å². The number of benzene rings is 1. The minimum absolute atomic E-state index is 0.237. The Hall–Kier alpha value is -1.88. The first-order valence-electron chi connectivity index (χ1n) is 8.01. The Labute approximate surface area is 165 Å². The van der Waals surface area contributed by atoms with Gasteiger partial charge in [0.25, 0.3) is 11.1 Å². The first-order chi connectivity index (χ1) is 12.6. The van der Waals surface area contributed by atoms with Crippen molar-refractivity contribution in [2.24, 2.45) is 0 Å². The third-order valence-electron chi connectivity index (χ3n) is 3.70. The van der Waals surface area contributed by atoms with Gasteiger partial charge in [-0.3, -0.25) is 14.9 Å². The van der Waals surface area contributed by atoms with Crippen molar-refractivity contribution in [3.05, 3.63) is 46.7 Å². The normalized spacial score (nSPS) is 19.0. The van der Waals surface area contributed by atoms with Gasteiger partial charge in [0, 0.05) is 11.3 Å². The molecule has 0 aliphatic carbocycles. The Morgan fingerprint density at radius 3 is 2.65 bits per heavy atom. The van der Waals surface area contributed by atoms with Crippen molar-refractivity contribution in [2.75, 3.05) is 7.11 Å². The second-order valence-corrected chi connectivity index (χ2v) is 9.36. The molecule has 2 amide bonds. The highest BCUT2D eigenvalue weighted by atomic mass is 32.2. The quantitative estimate of drug-likeness (QED) is 0.557. The molecule has 1 saturated heterocycles. The van der Waals surface area contributed by atoms with Crippen molar-refractivity contribution in [3.8, 4) is 17.6 Å². The van der Waals surface area contributed by atoms with Gasteiger partial charge in [-0.1, -0.05) is 29.7 Å². The Bertz CT molecular complexity index is 837. The maximum absolute atomic E-state index is 12.5. The number of carbonyl (C=O) groups is 2. The number of unbranched alkanes of at least 4 members (excludes halogenated alkanes) is 1. The molecule has 1 aromatic carbocycles. The summed E-state index contributed by atoms with van der Waals surface area (Å²) in [6.07, 6.45) is 2.01. The summed E-state index contributed by atoms with van der Waals surface area (Å²) in [5.74, 6) is 6.78. The predicted molar refractivity (Wildman–Crippen MR) is 108 cm³/mol. The zero-order valence-corrected chi connectivity index (χ0v) is 16.6. The summed E-state index contributed by atoms with van der Waals surface area (Å²) in [5, 5.41) is 4.12. The highest BCUT2D eigenvalue weighted by molar-refractivity contribution is 8.27. The second kappa shape index (κ2) is 8.67. The van der Waals surface area contributed by atoms with Gasteiger partial charge in [0.05, 0.1) is 12.0 Å². The Balaban J connectivity index is 1.66. The number of thiophene rings is 1. The molecule has 3 rings (SSSR count). The topological polar surface area (TPSA) is 55.4 Å². The van der Waals surface area contributed by atoms with E-state index >= 15 is 0 Å². The number of amides is 2. The molecule has 1 aliphatic rings. The highest BCUT2D eigenvalue weighted by Gasteiger charge is 2.48. The number of hydrogen-bond acceptors (Lipinski definition) is 6. The van der Waals surface area contributed by atoms with E-state index in [9.17, 15) is 9.59 Å². The highest BCUT2D eigenvalue weighted by Crippen LogP contribution is 2.49. The van der Waals surface area contributed by atoms with E-state index < -0.39 is 4.08 Å². The van der Waals surface area contributed by atoms with Crippen LogP contribution in [0.1, 0.15) is 24.1 Å². The minimum Gasteiger partial charge on any atom is -0.497 e. The van der Waals surface area contributed by atoms with Crippen molar-refractivity contribution in [2.45, 2.75) is 28.2 Å². The first kappa shape index (κ1) is 18.9. The van der Waals surface area contributed by atoms with Crippen LogP contribution >= 0.6 is 34.9 Å². The van der Waals surface area contributed by atoms with Crippen LogP contribution in [0, 0.1) is 11.8 Å². The number of hydrogen-bond donors (Lipinski definition) is 1. The van der Waals surface area contributed by atoms with Gasteiger partial charge in [-0.15, -0.1) is 11.3 Å². The summed E-state index contributed by atoms with van der Waals surface area (Å²) >= 11 is 4.09. The van der Waals surface area contributed by atoms with Gasteiger partial charge in [0.1, 0.15) is 5.75 Å². The molecular weight excluding hydrogens is 386 g/mol. The van der Waals surface area contributed by atoms with Crippen molar-refractivity contribution >= 4 is 46.0 Å².